The Balaban J connectivity index is 1.52. The van der Waals surface area contributed by atoms with Gasteiger partial charge in [-0.15, -0.1) is 10.2 Å². The van der Waals surface area contributed by atoms with E-state index in [4.69, 9.17) is 0 Å². The zero-order valence-electron chi connectivity index (χ0n) is 17.7. The Morgan fingerprint density at radius 3 is 2.52 bits per heavy atom. The van der Waals surface area contributed by atoms with Gasteiger partial charge in [-0.1, -0.05) is 78.0 Å². The largest absolute Gasteiger partial charge is 0.325 e. The van der Waals surface area contributed by atoms with Gasteiger partial charge in [0.05, 0.1) is 10.9 Å². The first-order valence-electron chi connectivity index (χ1n) is 10.1. The van der Waals surface area contributed by atoms with E-state index in [0.29, 0.717) is 5.16 Å². The summed E-state index contributed by atoms with van der Waals surface area (Å²) in [5.41, 5.74) is 6.20. The average molecular weight is 429 g/mol. The summed E-state index contributed by atoms with van der Waals surface area (Å²) in [5, 5.41) is 11.7. The Labute approximate surface area is 186 Å². The molecule has 0 fully saturated rings. The van der Waals surface area contributed by atoms with E-state index in [1.807, 2.05) is 66.1 Å². The number of aryl methyl sites for hydroxylation is 2. The standard InChI is InChI=1S/C25H24N4OS/c1-17-13-14-23(18(2)15-17)29-16-26-28-25(29)31-19(3)24(30)27-22-12-8-7-11-21(22)20-9-5-4-6-10-20/h4-16,19H,1-3H3,(H,27,30). The Hall–Kier alpha value is -3.38. The second kappa shape index (κ2) is 9.18. The van der Waals surface area contributed by atoms with E-state index in [1.54, 1.807) is 6.33 Å². The summed E-state index contributed by atoms with van der Waals surface area (Å²) >= 11 is 1.39. The molecule has 0 saturated carbocycles. The highest BCUT2D eigenvalue weighted by atomic mass is 32.2. The van der Waals surface area contributed by atoms with Crippen LogP contribution in [0, 0.1) is 13.8 Å². The number of aromatic nitrogens is 3. The molecule has 4 aromatic rings. The van der Waals surface area contributed by atoms with Crippen LogP contribution in [0.3, 0.4) is 0 Å². The number of carbonyl (C=O) groups excluding carboxylic acids is 1. The molecule has 0 radical (unpaired) electrons. The van der Waals surface area contributed by atoms with Crippen LogP contribution in [0.2, 0.25) is 0 Å². The summed E-state index contributed by atoms with van der Waals surface area (Å²) in [7, 11) is 0. The number of hydrogen-bond acceptors (Lipinski definition) is 4. The first-order chi connectivity index (χ1) is 15.0. The second-order valence-electron chi connectivity index (χ2n) is 7.43. The van der Waals surface area contributed by atoms with E-state index in [9.17, 15) is 4.79 Å². The predicted octanol–water partition coefficient (Wildman–Crippen LogP) is 5.67. The fourth-order valence-electron chi connectivity index (χ4n) is 3.45. The predicted molar refractivity (Wildman–Crippen MR) is 127 cm³/mol. The van der Waals surface area contributed by atoms with Crippen LogP contribution in [0.1, 0.15) is 18.1 Å². The Morgan fingerprint density at radius 2 is 1.74 bits per heavy atom. The highest BCUT2D eigenvalue weighted by Crippen LogP contribution is 2.30. The minimum atomic E-state index is -0.350. The lowest BCUT2D eigenvalue weighted by Gasteiger charge is -2.15. The number of carbonyl (C=O) groups is 1. The van der Waals surface area contributed by atoms with Gasteiger partial charge in [0.1, 0.15) is 6.33 Å². The number of nitrogens with one attached hydrogen (secondary N) is 1. The zero-order chi connectivity index (χ0) is 21.8. The first kappa shape index (κ1) is 20.9. The van der Waals surface area contributed by atoms with E-state index < -0.39 is 0 Å². The van der Waals surface area contributed by atoms with Crippen molar-refractivity contribution in [3.63, 3.8) is 0 Å². The van der Waals surface area contributed by atoms with E-state index in [0.717, 1.165) is 28.1 Å². The third-order valence-electron chi connectivity index (χ3n) is 5.05. The maximum Gasteiger partial charge on any atom is 0.237 e. The van der Waals surface area contributed by atoms with Crippen LogP contribution in [-0.4, -0.2) is 25.9 Å². The van der Waals surface area contributed by atoms with Crippen molar-refractivity contribution in [2.75, 3.05) is 5.32 Å². The fraction of sp³-hybridized carbons (Fsp3) is 0.160. The Bertz CT molecular complexity index is 1200. The van der Waals surface area contributed by atoms with Crippen molar-refractivity contribution in [1.29, 1.82) is 0 Å². The van der Waals surface area contributed by atoms with Gasteiger partial charge in [-0.3, -0.25) is 9.36 Å². The highest BCUT2D eigenvalue weighted by Gasteiger charge is 2.20. The van der Waals surface area contributed by atoms with Crippen LogP contribution in [0.4, 0.5) is 5.69 Å². The molecule has 5 nitrogen and oxygen atoms in total. The molecule has 0 aliphatic heterocycles. The smallest absolute Gasteiger partial charge is 0.237 e. The quantitative estimate of drug-likeness (QED) is 0.402. The number of para-hydroxylation sites is 1. The van der Waals surface area contributed by atoms with E-state index in [2.05, 4.69) is 47.6 Å². The molecule has 0 aliphatic rings. The van der Waals surface area contributed by atoms with E-state index in [1.165, 1.54) is 17.3 Å². The average Bonchev–Trinajstić information content (AvgIpc) is 3.22. The lowest BCUT2D eigenvalue weighted by atomic mass is 10.0. The Kier molecular flexibility index (Phi) is 6.18. The molecule has 3 aromatic carbocycles. The number of nitrogens with zero attached hydrogens (tertiary/aromatic N) is 3. The molecule has 1 amide bonds. The molecule has 0 spiro atoms. The number of rotatable bonds is 6. The van der Waals surface area contributed by atoms with Crippen LogP contribution in [0.25, 0.3) is 16.8 Å². The first-order valence-corrected chi connectivity index (χ1v) is 11.0. The molecular weight excluding hydrogens is 404 g/mol. The molecule has 156 valence electrons. The number of amides is 1. The van der Waals surface area contributed by atoms with Crippen molar-refractivity contribution in [2.24, 2.45) is 0 Å². The van der Waals surface area contributed by atoms with Gasteiger partial charge >= 0.3 is 0 Å². The maximum absolute atomic E-state index is 13.0. The molecule has 31 heavy (non-hydrogen) atoms. The summed E-state index contributed by atoms with van der Waals surface area (Å²) in [4.78, 5) is 13.0. The molecule has 0 saturated heterocycles. The number of anilines is 1. The van der Waals surface area contributed by atoms with Gasteiger partial charge in [0.2, 0.25) is 5.91 Å². The molecular formula is C25H24N4OS. The lowest BCUT2D eigenvalue weighted by molar-refractivity contribution is -0.115. The van der Waals surface area contributed by atoms with Crippen LogP contribution < -0.4 is 5.32 Å². The van der Waals surface area contributed by atoms with E-state index >= 15 is 0 Å². The maximum atomic E-state index is 13.0. The number of hydrogen-bond donors (Lipinski definition) is 1. The normalized spacial score (nSPS) is 11.8. The minimum absolute atomic E-state index is 0.0800. The highest BCUT2D eigenvalue weighted by molar-refractivity contribution is 8.00. The summed E-state index contributed by atoms with van der Waals surface area (Å²) in [5.74, 6) is -0.0800. The summed E-state index contributed by atoms with van der Waals surface area (Å²) < 4.78 is 1.93. The molecule has 0 aliphatic carbocycles. The summed E-state index contributed by atoms with van der Waals surface area (Å²) in [6, 6.07) is 24.1. The number of benzene rings is 3. The third-order valence-corrected chi connectivity index (χ3v) is 6.11. The number of thioether (sulfide) groups is 1. The van der Waals surface area contributed by atoms with Crippen molar-refractivity contribution < 1.29 is 4.79 Å². The van der Waals surface area contributed by atoms with Crippen LogP contribution >= 0.6 is 11.8 Å². The van der Waals surface area contributed by atoms with Gasteiger partial charge in [-0.25, -0.2) is 0 Å². The van der Waals surface area contributed by atoms with Gasteiger partial charge in [0.15, 0.2) is 5.16 Å². The molecule has 1 atom stereocenters. The summed E-state index contributed by atoms with van der Waals surface area (Å²) in [6.07, 6.45) is 1.69. The molecule has 1 aromatic heterocycles. The van der Waals surface area contributed by atoms with Gasteiger partial charge in [-0.05, 0) is 44.0 Å². The van der Waals surface area contributed by atoms with Gasteiger partial charge < -0.3 is 5.32 Å². The SMILES string of the molecule is Cc1ccc(-n2cnnc2SC(C)C(=O)Nc2ccccc2-c2ccccc2)c(C)c1. The Morgan fingerprint density at radius 1 is 1.00 bits per heavy atom. The van der Waals surface area contributed by atoms with Crippen LogP contribution in [0.5, 0.6) is 0 Å². The molecule has 1 N–H and O–H groups in total. The van der Waals surface area contributed by atoms with Crippen molar-refractivity contribution in [1.82, 2.24) is 14.8 Å². The van der Waals surface area contributed by atoms with Crippen molar-refractivity contribution in [2.45, 2.75) is 31.2 Å². The molecule has 0 bridgehead atoms. The lowest BCUT2D eigenvalue weighted by Crippen LogP contribution is -2.23. The van der Waals surface area contributed by atoms with Crippen molar-refractivity contribution >= 4 is 23.4 Å². The monoisotopic (exact) mass is 428 g/mol. The van der Waals surface area contributed by atoms with Gasteiger partial charge in [-0.2, -0.15) is 0 Å². The van der Waals surface area contributed by atoms with Crippen molar-refractivity contribution in [3.05, 3.63) is 90.3 Å². The third kappa shape index (κ3) is 4.70. The van der Waals surface area contributed by atoms with Crippen molar-refractivity contribution in [3.8, 4) is 16.8 Å². The molecule has 1 heterocycles. The topological polar surface area (TPSA) is 59.8 Å². The summed E-state index contributed by atoms with van der Waals surface area (Å²) in [6.45, 7) is 6.01. The second-order valence-corrected chi connectivity index (χ2v) is 8.74. The zero-order valence-corrected chi connectivity index (χ0v) is 18.6. The van der Waals surface area contributed by atoms with Crippen LogP contribution in [0.15, 0.2) is 84.3 Å². The van der Waals surface area contributed by atoms with Crippen LogP contribution in [-0.2, 0) is 4.79 Å². The fourth-order valence-corrected chi connectivity index (χ4v) is 4.29. The minimum Gasteiger partial charge on any atom is -0.325 e. The van der Waals surface area contributed by atoms with E-state index in [-0.39, 0.29) is 11.2 Å². The van der Waals surface area contributed by atoms with Gasteiger partial charge in [0.25, 0.3) is 0 Å². The molecule has 4 rings (SSSR count). The molecule has 1 unspecified atom stereocenters. The van der Waals surface area contributed by atoms with Gasteiger partial charge in [0, 0.05) is 11.3 Å². The molecule has 6 heteroatoms.